The Bertz CT molecular complexity index is 832. The van der Waals surface area contributed by atoms with E-state index in [-0.39, 0.29) is 5.91 Å². The van der Waals surface area contributed by atoms with Crippen LogP contribution in [0.5, 0.6) is 0 Å². The maximum absolute atomic E-state index is 13.0. The standard InChI is InChI=1S/C28H42N4O/c1-2-3-4-5-10-23-11-8-19-31(21-23)22-25-12-6-7-13-27(25)30-28(33)24-14-16-26(17-15-24)32-20-9-18-29-32/h9,14-18,20,23,25,27H,2-8,10-13,19,21-22H2,1H3,(H,30,33)/t23?,25-,27?/m0/s1. The molecule has 2 aliphatic rings. The number of carbonyl (C=O) groups excluding carboxylic acids is 1. The molecule has 2 fully saturated rings. The van der Waals surface area contributed by atoms with E-state index < -0.39 is 0 Å². The van der Waals surface area contributed by atoms with Gasteiger partial charge in [0.1, 0.15) is 0 Å². The van der Waals surface area contributed by atoms with Crippen LogP contribution in [0, 0.1) is 11.8 Å². The second-order valence-electron chi connectivity index (χ2n) is 10.2. The molecule has 5 nitrogen and oxygen atoms in total. The fourth-order valence-corrected chi connectivity index (χ4v) is 5.80. The highest BCUT2D eigenvalue weighted by Gasteiger charge is 2.30. The molecule has 1 N–H and O–H groups in total. The summed E-state index contributed by atoms with van der Waals surface area (Å²) in [5, 5.41) is 7.66. The Hall–Kier alpha value is -2.14. The van der Waals surface area contributed by atoms with Gasteiger partial charge in [-0.25, -0.2) is 4.68 Å². The van der Waals surface area contributed by atoms with Gasteiger partial charge in [0.15, 0.2) is 0 Å². The van der Waals surface area contributed by atoms with E-state index >= 15 is 0 Å². The average Bonchev–Trinajstić information content (AvgIpc) is 3.39. The smallest absolute Gasteiger partial charge is 0.251 e. The molecule has 1 aliphatic carbocycles. The van der Waals surface area contributed by atoms with Crippen LogP contribution in [-0.2, 0) is 0 Å². The molecule has 4 rings (SSSR count). The van der Waals surface area contributed by atoms with Crippen LogP contribution in [0.3, 0.4) is 0 Å². The van der Waals surface area contributed by atoms with Crippen molar-refractivity contribution in [1.29, 1.82) is 0 Å². The van der Waals surface area contributed by atoms with Crippen LogP contribution < -0.4 is 5.32 Å². The monoisotopic (exact) mass is 450 g/mol. The lowest BCUT2D eigenvalue weighted by Crippen LogP contribution is -2.48. The van der Waals surface area contributed by atoms with Crippen molar-refractivity contribution in [2.24, 2.45) is 11.8 Å². The van der Waals surface area contributed by atoms with Crippen LogP contribution in [0.25, 0.3) is 5.69 Å². The normalized spacial score (nSPS) is 24.0. The molecule has 1 aromatic heterocycles. The number of hydrogen-bond donors (Lipinski definition) is 1. The summed E-state index contributed by atoms with van der Waals surface area (Å²) in [5.74, 6) is 1.51. The van der Waals surface area contributed by atoms with E-state index in [0.29, 0.717) is 12.0 Å². The molecular weight excluding hydrogens is 408 g/mol. The molecule has 5 heteroatoms. The lowest BCUT2D eigenvalue weighted by molar-refractivity contribution is 0.0853. The second kappa shape index (κ2) is 12.4. The molecule has 2 aromatic rings. The van der Waals surface area contributed by atoms with Gasteiger partial charge in [0.25, 0.3) is 5.91 Å². The van der Waals surface area contributed by atoms with Crippen molar-refractivity contribution in [3.63, 3.8) is 0 Å². The zero-order valence-electron chi connectivity index (χ0n) is 20.4. The Morgan fingerprint density at radius 1 is 1.06 bits per heavy atom. The molecule has 1 saturated carbocycles. The fraction of sp³-hybridized carbons (Fsp3) is 0.643. The molecule has 0 bridgehead atoms. The van der Waals surface area contributed by atoms with Gasteiger partial charge in [0.05, 0.1) is 5.69 Å². The number of nitrogens with one attached hydrogen (secondary N) is 1. The van der Waals surface area contributed by atoms with Crippen molar-refractivity contribution in [1.82, 2.24) is 20.0 Å². The lowest BCUT2D eigenvalue weighted by atomic mass is 9.83. The molecule has 1 amide bonds. The molecule has 1 saturated heterocycles. The van der Waals surface area contributed by atoms with E-state index in [0.717, 1.165) is 30.1 Å². The van der Waals surface area contributed by atoms with E-state index in [1.165, 1.54) is 77.3 Å². The SMILES string of the molecule is CCCCCCC1CCCN(C[C@@H]2CCCCC2NC(=O)c2ccc(-n3cccn3)cc2)C1. The minimum absolute atomic E-state index is 0.0614. The first-order valence-corrected chi connectivity index (χ1v) is 13.4. The summed E-state index contributed by atoms with van der Waals surface area (Å²) in [7, 11) is 0. The van der Waals surface area contributed by atoms with Crippen LogP contribution in [0.15, 0.2) is 42.7 Å². The largest absolute Gasteiger partial charge is 0.349 e. The summed E-state index contributed by atoms with van der Waals surface area (Å²) < 4.78 is 1.81. The van der Waals surface area contributed by atoms with Crippen LogP contribution in [-0.4, -0.2) is 46.3 Å². The van der Waals surface area contributed by atoms with Crippen LogP contribution in [0.2, 0.25) is 0 Å². The third-order valence-corrected chi connectivity index (χ3v) is 7.69. The van der Waals surface area contributed by atoms with E-state index in [4.69, 9.17) is 0 Å². The number of likely N-dealkylation sites (tertiary alicyclic amines) is 1. The van der Waals surface area contributed by atoms with Gasteiger partial charge in [0.2, 0.25) is 0 Å². The first kappa shape index (κ1) is 24.0. The predicted molar refractivity (Wildman–Crippen MR) is 135 cm³/mol. The summed E-state index contributed by atoms with van der Waals surface area (Å²) in [6, 6.07) is 9.96. The number of rotatable bonds is 10. The summed E-state index contributed by atoms with van der Waals surface area (Å²) >= 11 is 0. The van der Waals surface area contributed by atoms with Crippen molar-refractivity contribution < 1.29 is 4.79 Å². The van der Waals surface area contributed by atoms with Crippen molar-refractivity contribution in [3.8, 4) is 5.69 Å². The molecule has 1 aromatic carbocycles. The fourth-order valence-electron chi connectivity index (χ4n) is 5.80. The molecular formula is C28H42N4O. The van der Waals surface area contributed by atoms with Gasteiger partial charge in [0, 0.05) is 37.1 Å². The van der Waals surface area contributed by atoms with E-state index in [1.54, 1.807) is 6.20 Å². The molecule has 180 valence electrons. The number of nitrogens with zero attached hydrogens (tertiary/aromatic N) is 3. The minimum atomic E-state index is 0.0614. The van der Waals surface area contributed by atoms with Gasteiger partial charge in [-0.15, -0.1) is 0 Å². The topological polar surface area (TPSA) is 50.2 Å². The average molecular weight is 451 g/mol. The number of aromatic nitrogens is 2. The molecule has 2 unspecified atom stereocenters. The van der Waals surface area contributed by atoms with Gasteiger partial charge in [-0.2, -0.15) is 5.10 Å². The highest BCUT2D eigenvalue weighted by molar-refractivity contribution is 5.94. The van der Waals surface area contributed by atoms with Crippen molar-refractivity contribution >= 4 is 5.91 Å². The van der Waals surface area contributed by atoms with Gasteiger partial charge >= 0.3 is 0 Å². The lowest BCUT2D eigenvalue weighted by Gasteiger charge is -2.39. The maximum atomic E-state index is 13.0. The Balaban J connectivity index is 1.29. The number of benzene rings is 1. The van der Waals surface area contributed by atoms with Gasteiger partial charge in [-0.1, -0.05) is 45.4 Å². The van der Waals surface area contributed by atoms with Crippen molar-refractivity contribution in [2.75, 3.05) is 19.6 Å². The number of carbonyl (C=O) groups is 1. The number of hydrogen-bond acceptors (Lipinski definition) is 3. The number of piperidine rings is 1. The molecule has 2 heterocycles. The first-order valence-electron chi connectivity index (χ1n) is 13.4. The Morgan fingerprint density at radius 3 is 2.70 bits per heavy atom. The Labute approximate surface area is 199 Å². The maximum Gasteiger partial charge on any atom is 0.251 e. The quantitative estimate of drug-likeness (QED) is 0.462. The summed E-state index contributed by atoms with van der Waals surface area (Å²) in [6.07, 6.45) is 18.2. The first-order chi connectivity index (χ1) is 16.2. The van der Waals surface area contributed by atoms with Crippen LogP contribution in [0.4, 0.5) is 0 Å². The van der Waals surface area contributed by atoms with Crippen LogP contribution >= 0.6 is 0 Å². The third-order valence-electron chi connectivity index (χ3n) is 7.69. The van der Waals surface area contributed by atoms with E-state index in [2.05, 4.69) is 22.2 Å². The van der Waals surface area contributed by atoms with Crippen molar-refractivity contribution in [3.05, 3.63) is 48.3 Å². The number of amides is 1. The summed E-state index contributed by atoms with van der Waals surface area (Å²) in [4.78, 5) is 15.7. The molecule has 1 aliphatic heterocycles. The van der Waals surface area contributed by atoms with E-state index in [9.17, 15) is 4.79 Å². The van der Waals surface area contributed by atoms with Gasteiger partial charge < -0.3 is 10.2 Å². The molecule has 0 spiro atoms. The zero-order valence-corrected chi connectivity index (χ0v) is 20.4. The second-order valence-corrected chi connectivity index (χ2v) is 10.2. The van der Waals surface area contributed by atoms with Gasteiger partial charge in [-0.05, 0) is 80.8 Å². The summed E-state index contributed by atoms with van der Waals surface area (Å²) in [6.45, 7) is 5.93. The van der Waals surface area contributed by atoms with Crippen LogP contribution in [0.1, 0.15) is 87.9 Å². The molecule has 33 heavy (non-hydrogen) atoms. The van der Waals surface area contributed by atoms with Gasteiger partial charge in [-0.3, -0.25) is 4.79 Å². The highest BCUT2D eigenvalue weighted by atomic mass is 16.1. The molecule has 0 radical (unpaired) electrons. The van der Waals surface area contributed by atoms with E-state index in [1.807, 2.05) is 41.2 Å². The minimum Gasteiger partial charge on any atom is -0.349 e. The highest BCUT2D eigenvalue weighted by Crippen LogP contribution is 2.29. The number of unbranched alkanes of at least 4 members (excludes halogenated alkanes) is 3. The summed E-state index contributed by atoms with van der Waals surface area (Å²) in [5.41, 5.74) is 1.71. The predicted octanol–water partition coefficient (Wildman–Crippen LogP) is 5.84. The zero-order chi connectivity index (χ0) is 22.9. The van der Waals surface area contributed by atoms with Crippen molar-refractivity contribution in [2.45, 2.75) is 83.6 Å². The third kappa shape index (κ3) is 6.92. The Morgan fingerprint density at radius 2 is 1.91 bits per heavy atom. The molecule has 3 atom stereocenters. The Kier molecular flexibility index (Phi) is 8.99.